The second-order valence-electron chi connectivity index (χ2n) is 3.68. The number of hydrogen-bond acceptors (Lipinski definition) is 3. The van der Waals surface area contributed by atoms with Gasteiger partial charge in [-0.25, -0.2) is 4.98 Å². The molecule has 4 heteroatoms. The molecule has 78 valence electrons. The first kappa shape index (κ1) is 8.98. The first-order chi connectivity index (χ1) is 7.86. The van der Waals surface area contributed by atoms with Crippen molar-refractivity contribution in [3.63, 3.8) is 0 Å². The van der Waals surface area contributed by atoms with Crippen molar-refractivity contribution in [2.24, 2.45) is 0 Å². The lowest BCUT2D eigenvalue weighted by molar-refractivity contribution is 0.357. The zero-order chi connectivity index (χ0) is 11.0. The van der Waals surface area contributed by atoms with E-state index in [2.05, 4.69) is 16.0 Å². The molecule has 0 unspecified atom stereocenters. The van der Waals surface area contributed by atoms with Gasteiger partial charge in [0.2, 0.25) is 0 Å². The summed E-state index contributed by atoms with van der Waals surface area (Å²) in [7, 11) is 0. The molecule has 0 spiro atoms. The smallest absolute Gasteiger partial charge is 0.138 e. The van der Waals surface area contributed by atoms with E-state index in [1.54, 1.807) is 6.20 Å². The van der Waals surface area contributed by atoms with Gasteiger partial charge in [-0.15, -0.1) is 0 Å². The van der Waals surface area contributed by atoms with Crippen molar-refractivity contribution in [1.82, 2.24) is 9.97 Å². The summed E-state index contributed by atoms with van der Waals surface area (Å²) in [6, 6.07) is 7.98. The highest BCUT2D eigenvalue weighted by molar-refractivity contribution is 5.60. The van der Waals surface area contributed by atoms with Crippen LogP contribution in [0, 0.1) is 11.3 Å². The highest BCUT2D eigenvalue weighted by Gasteiger charge is 2.13. The average Bonchev–Trinajstić information content (AvgIpc) is 2.96. The number of benzene rings is 1. The summed E-state index contributed by atoms with van der Waals surface area (Å²) >= 11 is 0. The molecule has 3 rings (SSSR count). The minimum atomic E-state index is 0.478. The number of imidazole rings is 1. The maximum atomic E-state index is 8.71. The number of rotatable bonds is 1. The number of nitriles is 1. The van der Waals surface area contributed by atoms with E-state index < -0.39 is 0 Å². The van der Waals surface area contributed by atoms with Crippen LogP contribution in [0.3, 0.4) is 0 Å². The molecule has 0 bridgehead atoms. The Bertz CT molecular complexity index is 580. The molecule has 2 heterocycles. The van der Waals surface area contributed by atoms with Crippen molar-refractivity contribution in [3.05, 3.63) is 35.7 Å². The predicted molar refractivity (Wildman–Crippen MR) is 57.9 cm³/mol. The van der Waals surface area contributed by atoms with Crippen LogP contribution in [-0.2, 0) is 6.42 Å². The van der Waals surface area contributed by atoms with Crippen LogP contribution in [0.5, 0.6) is 5.75 Å². The van der Waals surface area contributed by atoms with Crippen molar-refractivity contribution in [3.8, 4) is 23.2 Å². The summed E-state index contributed by atoms with van der Waals surface area (Å²) in [5, 5.41) is 8.71. The number of aromatic nitrogens is 2. The fraction of sp³-hybridized carbons (Fsp3) is 0.167. The molecule has 1 aliphatic rings. The Balaban J connectivity index is 2.04. The summed E-state index contributed by atoms with van der Waals surface area (Å²) in [5.74, 6) is 1.68. The molecule has 16 heavy (non-hydrogen) atoms. The Morgan fingerprint density at radius 3 is 3.19 bits per heavy atom. The molecule has 0 fully saturated rings. The molecule has 0 radical (unpaired) electrons. The SMILES string of the molecule is N#Cc1cnc(-c2ccc3c(c2)CCO3)[nH]1. The molecule has 0 amide bonds. The van der Waals surface area contributed by atoms with E-state index in [1.807, 2.05) is 18.2 Å². The third-order valence-corrected chi connectivity index (χ3v) is 2.66. The molecular formula is C12H9N3O. The van der Waals surface area contributed by atoms with Gasteiger partial charge in [-0.3, -0.25) is 0 Å². The zero-order valence-corrected chi connectivity index (χ0v) is 8.53. The van der Waals surface area contributed by atoms with Crippen molar-refractivity contribution in [2.75, 3.05) is 6.61 Å². The molecule has 1 aromatic carbocycles. The first-order valence-corrected chi connectivity index (χ1v) is 5.08. The summed E-state index contributed by atoms with van der Waals surface area (Å²) in [4.78, 5) is 7.12. The van der Waals surface area contributed by atoms with Crippen LogP contribution in [0.1, 0.15) is 11.3 Å². The van der Waals surface area contributed by atoms with Gasteiger partial charge in [-0.05, 0) is 23.8 Å². The van der Waals surface area contributed by atoms with Gasteiger partial charge < -0.3 is 9.72 Å². The fourth-order valence-electron chi connectivity index (χ4n) is 1.86. The van der Waals surface area contributed by atoms with Gasteiger partial charge in [0.25, 0.3) is 0 Å². The molecule has 0 saturated heterocycles. The normalized spacial score (nSPS) is 12.9. The van der Waals surface area contributed by atoms with E-state index in [9.17, 15) is 0 Å². The lowest BCUT2D eigenvalue weighted by atomic mass is 10.1. The van der Waals surface area contributed by atoms with Crippen molar-refractivity contribution >= 4 is 0 Å². The van der Waals surface area contributed by atoms with Gasteiger partial charge in [-0.1, -0.05) is 0 Å². The Labute approximate surface area is 92.5 Å². The number of fused-ring (bicyclic) bond motifs is 1. The zero-order valence-electron chi connectivity index (χ0n) is 8.53. The van der Waals surface area contributed by atoms with Crippen LogP contribution in [0.2, 0.25) is 0 Å². The second kappa shape index (κ2) is 3.38. The minimum Gasteiger partial charge on any atom is -0.493 e. The van der Waals surface area contributed by atoms with E-state index in [0.717, 1.165) is 30.2 Å². The molecule has 1 N–H and O–H groups in total. The van der Waals surface area contributed by atoms with E-state index in [1.165, 1.54) is 5.56 Å². The van der Waals surface area contributed by atoms with Crippen LogP contribution in [0.4, 0.5) is 0 Å². The topological polar surface area (TPSA) is 61.7 Å². The standard InChI is InChI=1S/C12H9N3O/c13-6-10-7-14-12(15-10)9-1-2-11-8(5-9)3-4-16-11/h1-2,5,7H,3-4H2,(H,14,15). The summed E-state index contributed by atoms with van der Waals surface area (Å²) < 4.78 is 5.43. The fourth-order valence-corrected chi connectivity index (χ4v) is 1.86. The minimum absolute atomic E-state index is 0.478. The van der Waals surface area contributed by atoms with E-state index in [4.69, 9.17) is 10.00 Å². The van der Waals surface area contributed by atoms with Gasteiger partial charge in [0.1, 0.15) is 23.3 Å². The Morgan fingerprint density at radius 2 is 2.38 bits per heavy atom. The van der Waals surface area contributed by atoms with Gasteiger partial charge in [0.05, 0.1) is 12.8 Å². The maximum Gasteiger partial charge on any atom is 0.138 e. The van der Waals surface area contributed by atoms with Crippen LogP contribution in [0.25, 0.3) is 11.4 Å². The average molecular weight is 211 g/mol. The van der Waals surface area contributed by atoms with Gasteiger partial charge in [-0.2, -0.15) is 5.26 Å². The van der Waals surface area contributed by atoms with Crippen molar-refractivity contribution < 1.29 is 4.74 Å². The maximum absolute atomic E-state index is 8.71. The monoisotopic (exact) mass is 211 g/mol. The van der Waals surface area contributed by atoms with Gasteiger partial charge >= 0.3 is 0 Å². The Hall–Kier alpha value is -2.28. The Morgan fingerprint density at radius 1 is 1.44 bits per heavy atom. The van der Waals surface area contributed by atoms with Crippen molar-refractivity contribution in [1.29, 1.82) is 5.26 Å². The number of nitrogens with zero attached hydrogens (tertiary/aromatic N) is 2. The van der Waals surface area contributed by atoms with Crippen LogP contribution in [-0.4, -0.2) is 16.6 Å². The number of hydrogen-bond donors (Lipinski definition) is 1. The van der Waals surface area contributed by atoms with Gasteiger partial charge in [0, 0.05) is 12.0 Å². The summed E-state index contributed by atoms with van der Waals surface area (Å²) in [6.07, 6.45) is 2.48. The second-order valence-corrected chi connectivity index (χ2v) is 3.68. The van der Waals surface area contributed by atoms with Crippen molar-refractivity contribution in [2.45, 2.75) is 6.42 Å². The van der Waals surface area contributed by atoms with E-state index >= 15 is 0 Å². The summed E-state index contributed by atoms with van der Waals surface area (Å²) in [5.41, 5.74) is 2.67. The summed E-state index contributed by atoms with van der Waals surface area (Å²) in [6.45, 7) is 0.750. The lowest BCUT2D eigenvalue weighted by Crippen LogP contribution is -1.85. The highest BCUT2D eigenvalue weighted by Crippen LogP contribution is 2.29. The molecular weight excluding hydrogens is 202 g/mol. The third kappa shape index (κ3) is 1.34. The number of H-pyrrole nitrogens is 1. The lowest BCUT2D eigenvalue weighted by Gasteiger charge is -2.00. The molecule has 1 aliphatic heterocycles. The molecule has 4 nitrogen and oxygen atoms in total. The highest BCUT2D eigenvalue weighted by atomic mass is 16.5. The number of aromatic amines is 1. The molecule has 2 aromatic rings. The molecule has 0 aliphatic carbocycles. The quantitative estimate of drug-likeness (QED) is 0.783. The van der Waals surface area contributed by atoms with Crippen LogP contribution >= 0.6 is 0 Å². The molecule has 0 atom stereocenters. The van der Waals surface area contributed by atoms with E-state index in [0.29, 0.717) is 5.69 Å². The Kier molecular flexibility index (Phi) is 1.90. The number of nitrogens with one attached hydrogen (secondary N) is 1. The number of ether oxygens (including phenoxy) is 1. The molecule has 0 saturated carbocycles. The molecule has 1 aromatic heterocycles. The van der Waals surface area contributed by atoms with Gasteiger partial charge in [0.15, 0.2) is 0 Å². The van der Waals surface area contributed by atoms with E-state index in [-0.39, 0.29) is 0 Å². The van der Waals surface area contributed by atoms with Crippen LogP contribution in [0.15, 0.2) is 24.4 Å². The third-order valence-electron chi connectivity index (χ3n) is 2.66. The first-order valence-electron chi connectivity index (χ1n) is 5.08. The largest absolute Gasteiger partial charge is 0.493 e. The predicted octanol–water partition coefficient (Wildman–Crippen LogP) is 1.88. The van der Waals surface area contributed by atoms with Crippen LogP contribution < -0.4 is 4.74 Å².